The molecule has 0 radical (unpaired) electrons. The maximum Gasteiger partial charge on any atom is 0.252 e. The molecule has 1 amide bonds. The largest absolute Gasteiger partial charge is 0.302 e. The van der Waals surface area contributed by atoms with Gasteiger partial charge in [0.05, 0.1) is 23.2 Å². The topological polar surface area (TPSA) is 34.4 Å². The molecule has 3 nitrogen and oxygen atoms in total. The van der Waals surface area contributed by atoms with Crippen LogP contribution in [0.3, 0.4) is 0 Å². The number of rotatable bonds is 3. The van der Waals surface area contributed by atoms with E-state index in [1.807, 2.05) is 0 Å². The number of terminal acetylenes is 1. The summed E-state index contributed by atoms with van der Waals surface area (Å²) in [6.45, 7) is -0.00872. The summed E-state index contributed by atoms with van der Waals surface area (Å²) in [5, 5.41) is 0. The van der Waals surface area contributed by atoms with Crippen LogP contribution in [0.5, 0.6) is 0 Å². The summed E-state index contributed by atoms with van der Waals surface area (Å²) in [5.41, 5.74) is 0.703. The van der Waals surface area contributed by atoms with Gasteiger partial charge in [0.25, 0.3) is 5.91 Å². The zero-order valence-electron chi connectivity index (χ0n) is 12.8. The van der Waals surface area contributed by atoms with Crippen molar-refractivity contribution in [3.8, 4) is 12.3 Å². The lowest BCUT2D eigenvalue weighted by Gasteiger charge is -2.01. The average molecular weight is 360 g/mol. The monoisotopic (exact) mass is 360 g/mol. The Bertz CT molecular complexity index is 1060. The molecule has 0 atom stereocenters. The maximum atomic E-state index is 14.1. The molecule has 0 aliphatic rings. The number of hydrogen-bond acceptors (Lipinski definition) is 2. The predicted octanol–water partition coefficient (Wildman–Crippen LogP) is 3.42. The summed E-state index contributed by atoms with van der Waals surface area (Å²) < 4.78 is 42.0. The van der Waals surface area contributed by atoms with Crippen molar-refractivity contribution in [2.45, 2.75) is 13.0 Å². The Kier molecular flexibility index (Phi) is 4.72. The second-order valence-corrected chi connectivity index (χ2v) is 6.23. The molecule has 0 unspecified atom stereocenters. The van der Waals surface area contributed by atoms with Crippen LogP contribution in [0, 0.1) is 29.8 Å². The van der Waals surface area contributed by atoms with E-state index < -0.39 is 23.4 Å². The summed E-state index contributed by atoms with van der Waals surface area (Å²) >= 11 is 0.973. The van der Waals surface area contributed by atoms with Gasteiger partial charge >= 0.3 is 0 Å². The van der Waals surface area contributed by atoms with Crippen molar-refractivity contribution in [2.24, 2.45) is 4.99 Å². The van der Waals surface area contributed by atoms with E-state index in [0.29, 0.717) is 10.3 Å². The van der Waals surface area contributed by atoms with Gasteiger partial charge in [-0.05, 0) is 23.8 Å². The third-order valence-electron chi connectivity index (χ3n) is 3.43. The van der Waals surface area contributed by atoms with Crippen LogP contribution in [0.2, 0.25) is 0 Å². The van der Waals surface area contributed by atoms with E-state index in [2.05, 4.69) is 10.9 Å². The highest BCUT2D eigenvalue weighted by Gasteiger charge is 2.13. The van der Waals surface area contributed by atoms with Crippen LogP contribution in [0.15, 0.2) is 41.4 Å². The number of hydrogen-bond donors (Lipinski definition) is 0. The molecule has 3 rings (SSSR count). The van der Waals surface area contributed by atoms with Gasteiger partial charge in [-0.15, -0.1) is 6.42 Å². The standard InChI is InChI=1S/C18H11F3N2OS/c1-2-7-23-17-14(21)9-13(20)10-15(17)25-18(23)22-16(24)8-11-3-5-12(19)6-4-11/h1,3-6,9-10H,7-8H2. The normalized spacial score (nSPS) is 11.7. The van der Waals surface area contributed by atoms with Gasteiger partial charge < -0.3 is 4.57 Å². The first-order chi connectivity index (χ1) is 12.0. The number of thiazole rings is 1. The Morgan fingerprint density at radius 2 is 1.88 bits per heavy atom. The van der Waals surface area contributed by atoms with E-state index in [-0.39, 0.29) is 23.3 Å². The van der Waals surface area contributed by atoms with Crippen molar-refractivity contribution in [3.63, 3.8) is 0 Å². The van der Waals surface area contributed by atoms with E-state index in [9.17, 15) is 18.0 Å². The smallest absolute Gasteiger partial charge is 0.252 e. The molecule has 0 aliphatic carbocycles. The van der Waals surface area contributed by atoms with Gasteiger partial charge in [0.1, 0.15) is 11.6 Å². The van der Waals surface area contributed by atoms with Gasteiger partial charge in [-0.3, -0.25) is 4.79 Å². The van der Waals surface area contributed by atoms with E-state index >= 15 is 0 Å². The molecule has 7 heteroatoms. The number of fused-ring (bicyclic) bond motifs is 1. The molecule has 0 saturated heterocycles. The van der Waals surface area contributed by atoms with Crippen LogP contribution in [0.4, 0.5) is 13.2 Å². The second kappa shape index (κ2) is 6.95. The molecule has 0 bridgehead atoms. The van der Waals surface area contributed by atoms with Crippen LogP contribution in [-0.4, -0.2) is 10.5 Å². The van der Waals surface area contributed by atoms with Gasteiger partial charge in [-0.2, -0.15) is 4.99 Å². The maximum absolute atomic E-state index is 14.1. The van der Waals surface area contributed by atoms with Crippen LogP contribution >= 0.6 is 11.3 Å². The van der Waals surface area contributed by atoms with Gasteiger partial charge in [-0.25, -0.2) is 13.2 Å². The van der Waals surface area contributed by atoms with Gasteiger partial charge in [0.2, 0.25) is 0 Å². The molecule has 1 aromatic heterocycles. The molecule has 0 N–H and O–H groups in total. The number of amides is 1. The minimum atomic E-state index is -0.770. The molecule has 0 aliphatic heterocycles. The summed E-state index contributed by atoms with van der Waals surface area (Å²) in [5.74, 6) is -0.0152. The van der Waals surface area contributed by atoms with Crippen LogP contribution in [-0.2, 0) is 17.8 Å². The van der Waals surface area contributed by atoms with E-state index in [1.54, 1.807) is 0 Å². The van der Waals surface area contributed by atoms with Crippen molar-refractivity contribution in [1.29, 1.82) is 0 Å². The molecule has 25 heavy (non-hydrogen) atoms. The molecule has 0 fully saturated rings. The number of halogens is 3. The van der Waals surface area contributed by atoms with E-state index in [0.717, 1.165) is 17.4 Å². The molecular weight excluding hydrogens is 349 g/mol. The van der Waals surface area contributed by atoms with Crippen molar-refractivity contribution in [1.82, 2.24) is 4.57 Å². The van der Waals surface area contributed by atoms with Crippen LogP contribution in [0.25, 0.3) is 10.2 Å². The SMILES string of the molecule is C#CCn1c(=NC(=O)Cc2ccc(F)cc2)sc2cc(F)cc(F)c21. The number of benzene rings is 2. The Morgan fingerprint density at radius 3 is 2.56 bits per heavy atom. The summed E-state index contributed by atoms with van der Waals surface area (Å²) in [4.78, 5) is 16.3. The third kappa shape index (κ3) is 3.64. The lowest BCUT2D eigenvalue weighted by atomic mass is 10.1. The minimum absolute atomic E-state index is 0.00872. The van der Waals surface area contributed by atoms with E-state index in [1.165, 1.54) is 34.9 Å². The zero-order valence-corrected chi connectivity index (χ0v) is 13.6. The number of carbonyl (C=O) groups excluding carboxylic acids is 1. The van der Waals surface area contributed by atoms with E-state index in [4.69, 9.17) is 6.42 Å². The first kappa shape index (κ1) is 17.0. The Morgan fingerprint density at radius 1 is 1.16 bits per heavy atom. The summed E-state index contributed by atoms with van der Waals surface area (Å²) in [6, 6.07) is 7.39. The highest BCUT2D eigenvalue weighted by atomic mass is 32.1. The lowest BCUT2D eigenvalue weighted by molar-refractivity contribution is -0.117. The van der Waals surface area contributed by atoms with Crippen molar-refractivity contribution >= 4 is 27.5 Å². The average Bonchev–Trinajstić information content (AvgIpc) is 2.87. The number of nitrogens with zero attached hydrogens (tertiary/aromatic N) is 2. The Labute approximate surface area is 145 Å². The molecule has 1 heterocycles. The van der Waals surface area contributed by atoms with Gasteiger partial charge in [0, 0.05) is 6.07 Å². The van der Waals surface area contributed by atoms with Crippen molar-refractivity contribution < 1.29 is 18.0 Å². The molecule has 126 valence electrons. The Balaban J connectivity index is 2.04. The molecule has 2 aromatic carbocycles. The number of carbonyl (C=O) groups is 1. The van der Waals surface area contributed by atoms with Crippen LogP contribution in [0.1, 0.15) is 5.56 Å². The van der Waals surface area contributed by atoms with Gasteiger partial charge in [0.15, 0.2) is 10.6 Å². The quantitative estimate of drug-likeness (QED) is 0.659. The molecular formula is C18H11F3N2OS. The minimum Gasteiger partial charge on any atom is -0.302 e. The summed E-state index contributed by atoms with van der Waals surface area (Å²) in [7, 11) is 0. The zero-order chi connectivity index (χ0) is 18.0. The lowest BCUT2D eigenvalue weighted by Crippen LogP contribution is -2.17. The third-order valence-corrected chi connectivity index (χ3v) is 4.46. The fraction of sp³-hybridized carbons (Fsp3) is 0.111. The highest BCUT2D eigenvalue weighted by molar-refractivity contribution is 7.16. The summed E-state index contributed by atoms with van der Waals surface area (Å²) in [6.07, 6.45) is 5.26. The first-order valence-corrected chi connectivity index (χ1v) is 8.03. The van der Waals surface area contributed by atoms with Crippen LogP contribution < -0.4 is 4.80 Å². The first-order valence-electron chi connectivity index (χ1n) is 7.22. The Hall–Kier alpha value is -2.85. The molecule has 3 aromatic rings. The number of aromatic nitrogens is 1. The molecule has 0 saturated carbocycles. The van der Waals surface area contributed by atoms with Crippen molar-refractivity contribution in [3.05, 3.63) is 64.2 Å². The second-order valence-electron chi connectivity index (χ2n) is 5.22. The fourth-order valence-electron chi connectivity index (χ4n) is 2.38. The predicted molar refractivity (Wildman–Crippen MR) is 89.2 cm³/mol. The van der Waals surface area contributed by atoms with Crippen molar-refractivity contribution in [2.75, 3.05) is 0 Å². The fourth-order valence-corrected chi connectivity index (χ4v) is 3.46. The molecule has 0 spiro atoms. The highest BCUT2D eigenvalue weighted by Crippen LogP contribution is 2.22. The van der Waals surface area contributed by atoms with Gasteiger partial charge in [-0.1, -0.05) is 29.4 Å².